The summed E-state index contributed by atoms with van der Waals surface area (Å²) in [6, 6.07) is 15.2. The maximum atomic E-state index is 6.80. The molecule has 2 heterocycles. The Hall–Kier alpha value is -3.05. The highest BCUT2D eigenvalue weighted by Crippen LogP contribution is 2.43. The predicted octanol–water partition coefficient (Wildman–Crippen LogP) is 4.24. The van der Waals surface area contributed by atoms with Crippen LogP contribution in [0.25, 0.3) is 6.08 Å². The summed E-state index contributed by atoms with van der Waals surface area (Å²) in [6.45, 7) is 0. The second-order valence-corrected chi connectivity index (χ2v) is 6.95. The molecule has 0 radical (unpaired) electrons. The van der Waals surface area contributed by atoms with E-state index in [4.69, 9.17) is 10.2 Å². The number of anilines is 3. The van der Waals surface area contributed by atoms with E-state index in [-0.39, 0.29) is 5.92 Å². The van der Waals surface area contributed by atoms with Gasteiger partial charge in [-0.25, -0.2) is 4.98 Å². The topological polar surface area (TPSA) is 76.1 Å². The molecular weight excluding hydrogens is 324 g/mol. The largest absolute Gasteiger partial charge is 0.432 e. The summed E-state index contributed by atoms with van der Waals surface area (Å²) in [5.74, 6) is 0.272. The smallest absolute Gasteiger partial charge is 0.299 e. The van der Waals surface area contributed by atoms with E-state index < -0.39 is 5.66 Å². The van der Waals surface area contributed by atoms with Crippen LogP contribution in [0.1, 0.15) is 29.0 Å². The van der Waals surface area contributed by atoms with E-state index in [0.717, 1.165) is 29.8 Å². The van der Waals surface area contributed by atoms with Gasteiger partial charge in [0.05, 0.1) is 6.20 Å². The van der Waals surface area contributed by atoms with Gasteiger partial charge in [0, 0.05) is 17.3 Å². The molecular formula is C21H20N4O. The molecule has 1 aliphatic heterocycles. The van der Waals surface area contributed by atoms with Gasteiger partial charge in [-0.3, -0.25) is 0 Å². The molecule has 0 fully saturated rings. The van der Waals surface area contributed by atoms with Crippen LogP contribution in [-0.2, 0) is 6.42 Å². The second kappa shape index (κ2) is 5.75. The molecule has 5 rings (SSSR count). The number of hydrogen-bond acceptors (Lipinski definition) is 5. The minimum atomic E-state index is -0.572. The third-order valence-electron chi connectivity index (χ3n) is 5.33. The molecule has 0 spiro atoms. The number of rotatable bonds is 3. The van der Waals surface area contributed by atoms with Gasteiger partial charge >= 0.3 is 0 Å². The van der Waals surface area contributed by atoms with Crippen LogP contribution >= 0.6 is 0 Å². The number of nitrogens with zero attached hydrogens (tertiary/aromatic N) is 1. The van der Waals surface area contributed by atoms with Crippen LogP contribution in [-0.4, -0.2) is 10.6 Å². The van der Waals surface area contributed by atoms with E-state index in [1.165, 1.54) is 11.1 Å². The number of benzene rings is 2. The number of hydrogen-bond donors (Lipinski definition) is 3. The monoisotopic (exact) mass is 344 g/mol. The lowest BCUT2D eigenvalue weighted by Gasteiger charge is -2.38. The van der Waals surface area contributed by atoms with Crippen LogP contribution in [0.3, 0.4) is 0 Å². The van der Waals surface area contributed by atoms with E-state index in [1.807, 2.05) is 12.1 Å². The van der Waals surface area contributed by atoms with Gasteiger partial charge in [0.15, 0.2) is 0 Å². The average molecular weight is 344 g/mol. The first kappa shape index (κ1) is 15.2. The molecule has 2 atom stereocenters. The van der Waals surface area contributed by atoms with E-state index in [9.17, 15) is 0 Å². The Balaban J connectivity index is 1.43. The van der Waals surface area contributed by atoms with Crippen molar-refractivity contribution in [2.75, 3.05) is 10.6 Å². The summed E-state index contributed by atoms with van der Waals surface area (Å²) in [6.07, 6.45) is 9.51. The Kier molecular flexibility index (Phi) is 3.36. The average Bonchev–Trinajstić information content (AvgIpc) is 3.31. The first-order chi connectivity index (χ1) is 12.7. The molecule has 1 aromatic heterocycles. The van der Waals surface area contributed by atoms with E-state index >= 15 is 0 Å². The van der Waals surface area contributed by atoms with E-state index in [1.54, 1.807) is 12.5 Å². The number of nitrogens with two attached hydrogens (primary N) is 1. The fourth-order valence-electron chi connectivity index (χ4n) is 4.06. The molecule has 5 nitrogen and oxygen atoms in total. The van der Waals surface area contributed by atoms with Crippen molar-refractivity contribution in [3.63, 3.8) is 0 Å². The Labute approximate surface area is 151 Å². The lowest BCUT2D eigenvalue weighted by atomic mass is 9.84. The van der Waals surface area contributed by atoms with Crippen molar-refractivity contribution in [2.45, 2.75) is 24.4 Å². The van der Waals surface area contributed by atoms with Crippen LogP contribution < -0.4 is 16.4 Å². The van der Waals surface area contributed by atoms with Gasteiger partial charge in [-0.05, 0) is 53.8 Å². The van der Waals surface area contributed by atoms with Crippen LogP contribution in [0.4, 0.5) is 17.4 Å². The molecule has 0 amide bonds. The van der Waals surface area contributed by atoms with E-state index in [2.05, 4.69) is 58.1 Å². The fraction of sp³-hybridized carbons (Fsp3) is 0.190. The molecule has 130 valence electrons. The van der Waals surface area contributed by atoms with Crippen LogP contribution in [0.5, 0.6) is 0 Å². The first-order valence-electron chi connectivity index (χ1n) is 8.86. The fourth-order valence-corrected chi connectivity index (χ4v) is 4.06. The third kappa shape index (κ3) is 2.48. The standard InChI is InChI=1S/C21H20N4O/c22-21(18-7-5-14-3-1-2-4-17(14)18)10-9-15-13-16(6-8-19(15)25-21)24-20-23-11-12-26-20/h1-4,6,8-13,18,25H,5,7,22H2,(H,23,24)/t18?,21-/m1/s1. The third-order valence-corrected chi connectivity index (χ3v) is 5.33. The Morgan fingerprint density at radius 3 is 3.04 bits per heavy atom. The summed E-state index contributed by atoms with van der Waals surface area (Å²) in [7, 11) is 0. The van der Waals surface area contributed by atoms with Crippen molar-refractivity contribution in [3.8, 4) is 0 Å². The molecule has 3 aromatic rings. The van der Waals surface area contributed by atoms with Gasteiger partial charge in [-0.1, -0.05) is 30.3 Å². The SMILES string of the molecule is N[C@]1(C2CCc3ccccc32)C=Cc2cc(Nc3ncco3)ccc2N1. The minimum absolute atomic E-state index is 0.272. The van der Waals surface area contributed by atoms with Crippen molar-refractivity contribution < 1.29 is 4.42 Å². The van der Waals surface area contributed by atoms with E-state index in [0.29, 0.717) is 6.01 Å². The van der Waals surface area contributed by atoms with Crippen molar-refractivity contribution in [1.29, 1.82) is 0 Å². The van der Waals surface area contributed by atoms with Gasteiger partial charge in [0.1, 0.15) is 11.9 Å². The predicted molar refractivity (Wildman–Crippen MR) is 103 cm³/mol. The number of fused-ring (bicyclic) bond motifs is 2. The van der Waals surface area contributed by atoms with Crippen molar-refractivity contribution >= 4 is 23.5 Å². The zero-order chi connectivity index (χ0) is 17.6. The highest BCUT2D eigenvalue weighted by atomic mass is 16.4. The molecule has 1 aliphatic carbocycles. The second-order valence-electron chi connectivity index (χ2n) is 6.95. The maximum Gasteiger partial charge on any atom is 0.299 e. The highest BCUT2D eigenvalue weighted by molar-refractivity contribution is 5.76. The summed E-state index contributed by atoms with van der Waals surface area (Å²) >= 11 is 0. The van der Waals surface area contributed by atoms with Gasteiger partial charge in [0.2, 0.25) is 0 Å². The van der Waals surface area contributed by atoms with Gasteiger partial charge in [-0.2, -0.15) is 0 Å². The van der Waals surface area contributed by atoms with Crippen molar-refractivity contribution in [1.82, 2.24) is 4.98 Å². The molecule has 0 bridgehead atoms. The number of oxazole rings is 1. The highest BCUT2D eigenvalue weighted by Gasteiger charge is 2.39. The van der Waals surface area contributed by atoms with Gasteiger partial charge in [-0.15, -0.1) is 0 Å². The molecule has 0 saturated heterocycles. The molecule has 4 N–H and O–H groups in total. The van der Waals surface area contributed by atoms with Crippen LogP contribution in [0, 0.1) is 0 Å². The normalized spacial score (nSPS) is 23.2. The molecule has 0 saturated carbocycles. The minimum Gasteiger partial charge on any atom is -0.432 e. The Bertz CT molecular complexity index is 979. The Morgan fingerprint density at radius 1 is 1.23 bits per heavy atom. The van der Waals surface area contributed by atoms with Crippen molar-refractivity contribution in [2.24, 2.45) is 5.73 Å². The Morgan fingerprint density at radius 2 is 2.15 bits per heavy atom. The number of aryl methyl sites for hydroxylation is 1. The lowest BCUT2D eigenvalue weighted by Crippen LogP contribution is -2.51. The lowest BCUT2D eigenvalue weighted by molar-refractivity contribution is 0.468. The first-order valence-corrected chi connectivity index (χ1v) is 8.86. The molecule has 2 aromatic carbocycles. The van der Waals surface area contributed by atoms with Crippen LogP contribution in [0.2, 0.25) is 0 Å². The molecule has 26 heavy (non-hydrogen) atoms. The van der Waals surface area contributed by atoms with Crippen LogP contribution in [0.15, 0.2) is 65.4 Å². The summed E-state index contributed by atoms with van der Waals surface area (Å²) < 4.78 is 5.24. The summed E-state index contributed by atoms with van der Waals surface area (Å²) in [5, 5.41) is 6.72. The summed E-state index contributed by atoms with van der Waals surface area (Å²) in [4.78, 5) is 4.09. The zero-order valence-corrected chi connectivity index (χ0v) is 14.3. The van der Waals surface area contributed by atoms with Gasteiger partial charge in [0.25, 0.3) is 6.01 Å². The van der Waals surface area contributed by atoms with Gasteiger partial charge < -0.3 is 20.8 Å². The number of aromatic nitrogens is 1. The zero-order valence-electron chi connectivity index (χ0n) is 14.3. The maximum absolute atomic E-state index is 6.80. The molecule has 5 heteroatoms. The quantitative estimate of drug-likeness (QED) is 0.662. The van der Waals surface area contributed by atoms with Crippen molar-refractivity contribution in [3.05, 3.63) is 77.7 Å². The summed E-state index contributed by atoms with van der Waals surface area (Å²) in [5.41, 5.74) is 12.1. The number of nitrogens with one attached hydrogen (secondary N) is 2. The molecule has 1 unspecified atom stereocenters. The molecule has 2 aliphatic rings.